The molecule has 0 radical (unpaired) electrons. The Hall–Kier alpha value is -1.88. The van der Waals surface area contributed by atoms with E-state index in [4.69, 9.17) is 0 Å². The average molecular weight is 336 g/mol. The summed E-state index contributed by atoms with van der Waals surface area (Å²) in [5.74, 6) is 0. The number of benzene rings is 1. The van der Waals surface area contributed by atoms with Crippen LogP contribution in [0.3, 0.4) is 0 Å². The number of nitro benzene ring substituents is 1. The number of nitro groups is 1. The van der Waals surface area contributed by atoms with Gasteiger partial charge < -0.3 is 5.32 Å². The van der Waals surface area contributed by atoms with Crippen LogP contribution in [0.15, 0.2) is 27.4 Å². The molecule has 2 rings (SSSR count). The summed E-state index contributed by atoms with van der Waals surface area (Å²) in [6.07, 6.45) is -4.63. The predicted octanol–water partition coefficient (Wildman–Crippen LogP) is 3.66. The molecule has 21 heavy (non-hydrogen) atoms. The lowest BCUT2D eigenvalue weighted by Crippen LogP contribution is -2.05. The van der Waals surface area contributed by atoms with Gasteiger partial charge in [0.15, 0.2) is 4.34 Å². The summed E-state index contributed by atoms with van der Waals surface area (Å²) in [7, 11) is 1.63. The van der Waals surface area contributed by atoms with Crippen LogP contribution in [0, 0.1) is 10.1 Å². The molecule has 0 aliphatic carbocycles. The Bertz CT molecular complexity index is 675. The third-order valence-corrected chi connectivity index (χ3v) is 4.36. The van der Waals surface area contributed by atoms with E-state index >= 15 is 0 Å². The van der Waals surface area contributed by atoms with Crippen molar-refractivity contribution in [3.05, 3.63) is 33.9 Å². The monoisotopic (exact) mass is 336 g/mol. The average Bonchev–Trinajstić information content (AvgIpc) is 2.85. The van der Waals surface area contributed by atoms with Gasteiger partial charge in [-0.3, -0.25) is 10.1 Å². The number of nitrogens with one attached hydrogen (secondary N) is 1. The number of nitrogens with zero attached hydrogens (tertiary/aromatic N) is 3. The second kappa shape index (κ2) is 5.85. The molecule has 1 aromatic carbocycles. The highest BCUT2D eigenvalue weighted by molar-refractivity contribution is 8.01. The van der Waals surface area contributed by atoms with Crippen LogP contribution in [0.25, 0.3) is 0 Å². The van der Waals surface area contributed by atoms with Gasteiger partial charge in [-0.1, -0.05) is 11.3 Å². The molecule has 1 aromatic heterocycles. The Labute approximate surface area is 124 Å². The topological polar surface area (TPSA) is 81.0 Å². The van der Waals surface area contributed by atoms with E-state index in [-0.39, 0.29) is 4.90 Å². The van der Waals surface area contributed by atoms with E-state index in [1.54, 1.807) is 7.05 Å². The molecule has 1 N–H and O–H groups in total. The van der Waals surface area contributed by atoms with Crippen LogP contribution in [0.5, 0.6) is 0 Å². The molecule has 112 valence electrons. The van der Waals surface area contributed by atoms with E-state index in [0.29, 0.717) is 15.5 Å². The van der Waals surface area contributed by atoms with Crippen molar-refractivity contribution in [2.24, 2.45) is 0 Å². The molecule has 1 heterocycles. The highest BCUT2D eigenvalue weighted by Gasteiger charge is 2.33. The lowest BCUT2D eigenvalue weighted by Gasteiger charge is -2.07. The van der Waals surface area contributed by atoms with Crippen LogP contribution >= 0.6 is 23.1 Å². The molecule has 0 bridgehead atoms. The van der Waals surface area contributed by atoms with Crippen LogP contribution < -0.4 is 5.32 Å². The fourth-order valence-electron chi connectivity index (χ4n) is 1.37. The summed E-state index contributed by atoms with van der Waals surface area (Å²) in [4.78, 5) is 10.2. The van der Waals surface area contributed by atoms with Crippen molar-refractivity contribution in [1.82, 2.24) is 10.2 Å². The number of rotatable bonds is 4. The highest BCUT2D eigenvalue weighted by atomic mass is 32.2. The van der Waals surface area contributed by atoms with Gasteiger partial charge in [0.25, 0.3) is 5.69 Å². The van der Waals surface area contributed by atoms with Crippen molar-refractivity contribution in [2.75, 3.05) is 12.4 Å². The van der Waals surface area contributed by atoms with Gasteiger partial charge in [0, 0.05) is 13.1 Å². The first-order chi connectivity index (χ1) is 9.81. The van der Waals surface area contributed by atoms with Crippen molar-refractivity contribution in [2.45, 2.75) is 15.4 Å². The normalized spacial score (nSPS) is 11.4. The van der Waals surface area contributed by atoms with Crippen molar-refractivity contribution < 1.29 is 18.1 Å². The maximum absolute atomic E-state index is 12.6. The predicted molar refractivity (Wildman–Crippen MR) is 71.7 cm³/mol. The first-order valence-corrected chi connectivity index (χ1v) is 6.99. The molecule has 6 nitrogen and oxygen atoms in total. The fraction of sp³-hybridized carbons (Fsp3) is 0.200. The SMILES string of the molecule is CNc1nnc(Sc2ccc(C(F)(F)F)cc2[N+](=O)[O-])s1. The van der Waals surface area contributed by atoms with Gasteiger partial charge in [0.2, 0.25) is 5.13 Å². The van der Waals surface area contributed by atoms with E-state index in [2.05, 4.69) is 15.5 Å². The minimum Gasteiger partial charge on any atom is -0.363 e. The van der Waals surface area contributed by atoms with Gasteiger partial charge in [-0.15, -0.1) is 10.2 Å². The van der Waals surface area contributed by atoms with Gasteiger partial charge in [-0.05, 0) is 23.9 Å². The lowest BCUT2D eigenvalue weighted by atomic mass is 10.2. The molecule has 0 aliphatic heterocycles. The summed E-state index contributed by atoms with van der Waals surface area (Å²) in [6.45, 7) is 0. The molecule has 2 aromatic rings. The first-order valence-electron chi connectivity index (χ1n) is 5.36. The summed E-state index contributed by atoms with van der Waals surface area (Å²) < 4.78 is 38.1. The van der Waals surface area contributed by atoms with E-state index in [0.717, 1.165) is 35.2 Å². The molecule has 0 amide bonds. The summed E-state index contributed by atoms with van der Waals surface area (Å²) in [5, 5.41) is 21.7. The fourth-order valence-corrected chi connectivity index (χ4v) is 3.12. The molecular formula is C10H7F3N4O2S2. The number of halogens is 3. The van der Waals surface area contributed by atoms with Gasteiger partial charge in [0.1, 0.15) is 0 Å². The first kappa shape index (κ1) is 15.5. The van der Waals surface area contributed by atoms with Gasteiger partial charge in [0.05, 0.1) is 15.4 Å². The lowest BCUT2D eigenvalue weighted by molar-refractivity contribution is -0.388. The Morgan fingerprint density at radius 1 is 1.38 bits per heavy atom. The van der Waals surface area contributed by atoms with Crippen molar-refractivity contribution in [3.8, 4) is 0 Å². The summed E-state index contributed by atoms with van der Waals surface area (Å²) in [6, 6.07) is 2.38. The number of anilines is 1. The minimum atomic E-state index is -4.63. The van der Waals surface area contributed by atoms with Gasteiger partial charge >= 0.3 is 6.18 Å². The van der Waals surface area contributed by atoms with Crippen LogP contribution in [-0.4, -0.2) is 22.2 Å². The highest BCUT2D eigenvalue weighted by Crippen LogP contribution is 2.40. The maximum Gasteiger partial charge on any atom is 0.416 e. The second-order valence-corrected chi connectivity index (χ2v) is 5.93. The van der Waals surface area contributed by atoms with E-state index in [1.807, 2.05) is 0 Å². The van der Waals surface area contributed by atoms with E-state index in [9.17, 15) is 23.3 Å². The van der Waals surface area contributed by atoms with Crippen molar-refractivity contribution in [1.29, 1.82) is 0 Å². The standard InChI is InChI=1S/C10H7F3N4O2S2/c1-14-8-15-16-9(21-8)20-7-3-2-5(10(11,12)13)4-6(7)17(18)19/h2-4H,1H3,(H,14,15). The zero-order valence-corrected chi connectivity index (χ0v) is 12.0. The van der Waals surface area contributed by atoms with Gasteiger partial charge in [-0.25, -0.2) is 0 Å². The van der Waals surface area contributed by atoms with E-state index < -0.39 is 22.4 Å². The van der Waals surface area contributed by atoms with Crippen LogP contribution in [0.1, 0.15) is 5.56 Å². The minimum absolute atomic E-state index is 0.0757. The quantitative estimate of drug-likeness (QED) is 0.678. The summed E-state index contributed by atoms with van der Waals surface area (Å²) in [5.41, 5.74) is -1.68. The van der Waals surface area contributed by atoms with Crippen molar-refractivity contribution in [3.63, 3.8) is 0 Å². The van der Waals surface area contributed by atoms with Crippen LogP contribution in [-0.2, 0) is 6.18 Å². The molecule has 0 saturated carbocycles. The third kappa shape index (κ3) is 3.61. The molecular weight excluding hydrogens is 329 g/mol. The van der Waals surface area contributed by atoms with Crippen LogP contribution in [0.2, 0.25) is 0 Å². The van der Waals surface area contributed by atoms with Crippen molar-refractivity contribution >= 4 is 33.9 Å². The summed E-state index contributed by atoms with van der Waals surface area (Å²) >= 11 is 2.04. The zero-order valence-electron chi connectivity index (χ0n) is 10.3. The Morgan fingerprint density at radius 3 is 2.62 bits per heavy atom. The molecule has 0 atom stereocenters. The maximum atomic E-state index is 12.6. The molecule has 0 aliphatic rings. The number of aromatic nitrogens is 2. The third-order valence-electron chi connectivity index (χ3n) is 2.30. The Kier molecular flexibility index (Phi) is 4.32. The number of hydrogen-bond donors (Lipinski definition) is 1. The smallest absolute Gasteiger partial charge is 0.363 e. The number of hydrogen-bond acceptors (Lipinski definition) is 7. The van der Waals surface area contributed by atoms with Gasteiger partial charge in [-0.2, -0.15) is 13.2 Å². The van der Waals surface area contributed by atoms with Crippen LogP contribution in [0.4, 0.5) is 24.0 Å². The Balaban J connectivity index is 2.36. The largest absolute Gasteiger partial charge is 0.416 e. The molecule has 0 spiro atoms. The second-order valence-electron chi connectivity index (χ2n) is 3.66. The molecule has 0 fully saturated rings. The number of alkyl halides is 3. The molecule has 11 heteroatoms. The van der Waals surface area contributed by atoms with E-state index in [1.165, 1.54) is 0 Å². The molecule has 0 unspecified atom stereocenters. The molecule has 0 saturated heterocycles. The zero-order chi connectivity index (χ0) is 15.6. The Morgan fingerprint density at radius 2 is 2.10 bits per heavy atom.